The van der Waals surface area contributed by atoms with Gasteiger partial charge >= 0.3 is 5.97 Å². The molecule has 0 radical (unpaired) electrons. The van der Waals surface area contributed by atoms with Crippen molar-refractivity contribution in [3.8, 4) is 11.1 Å². The van der Waals surface area contributed by atoms with Crippen molar-refractivity contribution in [1.82, 2.24) is 4.98 Å². The summed E-state index contributed by atoms with van der Waals surface area (Å²) in [6.07, 6.45) is 6.56. The number of hydrogen-bond acceptors (Lipinski definition) is 3. The molecule has 0 saturated carbocycles. The number of hydrogen-bond donors (Lipinski definition) is 0. The second kappa shape index (κ2) is 7.34. The second-order valence-corrected chi connectivity index (χ2v) is 7.89. The lowest BCUT2D eigenvalue weighted by Crippen LogP contribution is -2.28. The Morgan fingerprint density at radius 1 is 1.14 bits per heavy atom. The smallest absolute Gasteiger partial charge is 0.334 e. The van der Waals surface area contributed by atoms with Crippen LogP contribution >= 0.6 is 0 Å². The first kappa shape index (κ1) is 18.6. The predicted molar refractivity (Wildman–Crippen MR) is 108 cm³/mol. The highest BCUT2D eigenvalue weighted by atomic mass is 19.1. The molecule has 0 spiro atoms. The molecule has 2 heterocycles. The number of pyridine rings is 1. The van der Waals surface area contributed by atoms with Gasteiger partial charge in [0.25, 0.3) is 0 Å². The molecule has 28 heavy (non-hydrogen) atoms. The maximum absolute atomic E-state index is 13.4. The fourth-order valence-electron chi connectivity index (χ4n) is 4.30. The maximum atomic E-state index is 13.4. The molecule has 1 aliphatic heterocycles. The molecule has 4 heteroatoms. The summed E-state index contributed by atoms with van der Waals surface area (Å²) < 4.78 is 18.9. The molecule has 1 unspecified atom stereocenters. The van der Waals surface area contributed by atoms with E-state index in [1.165, 1.54) is 12.1 Å². The molecule has 0 bridgehead atoms. The van der Waals surface area contributed by atoms with Crippen LogP contribution in [-0.4, -0.2) is 17.1 Å². The lowest BCUT2D eigenvalue weighted by molar-refractivity contribution is -0.139. The van der Waals surface area contributed by atoms with Gasteiger partial charge in [0.15, 0.2) is 0 Å². The van der Waals surface area contributed by atoms with E-state index in [0.29, 0.717) is 11.8 Å². The zero-order valence-electron chi connectivity index (χ0n) is 16.4. The Hall–Kier alpha value is -2.75. The molecular weight excluding hydrogens is 353 g/mol. The molecule has 0 N–H and O–H groups in total. The first-order valence-corrected chi connectivity index (χ1v) is 9.78. The second-order valence-electron chi connectivity index (χ2n) is 7.89. The van der Waals surface area contributed by atoms with Gasteiger partial charge in [0.2, 0.25) is 0 Å². The number of allylic oxidation sites excluding steroid dienone is 1. The van der Waals surface area contributed by atoms with Gasteiger partial charge < -0.3 is 4.74 Å². The highest BCUT2D eigenvalue weighted by molar-refractivity contribution is 5.93. The van der Waals surface area contributed by atoms with Crippen LogP contribution in [0.3, 0.4) is 0 Å². The molecule has 1 aromatic heterocycles. The molecule has 144 valence electrons. The van der Waals surface area contributed by atoms with E-state index in [1.54, 1.807) is 12.3 Å². The Labute approximate surface area is 165 Å². The van der Waals surface area contributed by atoms with Crippen LogP contribution in [-0.2, 0) is 9.53 Å². The van der Waals surface area contributed by atoms with Gasteiger partial charge in [-0.15, -0.1) is 0 Å². The van der Waals surface area contributed by atoms with Gasteiger partial charge in [-0.05, 0) is 60.6 Å². The van der Waals surface area contributed by atoms with Gasteiger partial charge in [-0.25, -0.2) is 9.18 Å². The van der Waals surface area contributed by atoms with Crippen LogP contribution in [0.15, 0.2) is 59.8 Å². The zero-order valence-corrected chi connectivity index (χ0v) is 16.4. The number of cyclic esters (lactones) is 1. The summed E-state index contributed by atoms with van der Waals surface area (Å²) in [7, 11) is 0. The van der Waals surface area contributed by atoms with Gasteiger partial charge in [0.05, 0.1) is 5.69 Å². The summed E-state index contributed by atoms with van der Waals surface area (Å²) in [4.78, 5) is 16.7. The predicted octanol–water partition coefficient (Wildman–Crippen LogP) is 5.43. The van der Waals surface area contributed by atoms with Crippen molar-refractivity contribution in [3.05, 3.63) is 71.3 Å². The monoisotopic (exact) mass is 377 g/mol. The lowest BCUT2D eigenvalue weighted by atomic mass is 9.69. The summed E-state index contributed by atoms with van der Waals surface area (Å²) in [6.45, 7) is 6.38. The van der Waals surface area contributed by atoms with Gasteiger partial charge in [-0.1, -0.05) is 38.1 Å². The average Bonchev–Trinajstić information content (AvgIpc) is 2.96. The van der Waals surface area contributed by atoms with E-state index in [1.807, 2.05) is 31.2 Å². The minimum atomic E-state index is -0.256. The molecule has 2 aliphatic rings. The van der Waals surface area contributed by atoms with Gasteiger partial charge in [-0.2, -0.15) is 0 Å². The standard InChI is InChI=1S/C24H24FNO2/c1-14-11-22-23(16(3)28-24(22)27)21(15(14)2)10-9-20-8-7-18(13-26-20)17-5-4-6-19(25)12-17/h4-10,12-16,21H,11H2,1-3H3/b10-9+/t14-,15+,16+,21?/m0/s1. The lowest BCUT2D eigenvalue weighted by Gasteiger charge is -2.33. The molecule has 2 aromatic rings. The minimum Gasteiger partial charge on any atom is -0.455 e. The Balaban J connectivity index is 1.59. The van der Waals surface area contributed by atoms with Crippen LogP contribution in [0.1, 0.15) is 32.9 Å². The molecular formula is C24H24FNO2. The average molecular weight is 377 g/mol. The van der Waals surface area contributed by atoms with Crippen molar-refractivity contribution >= 4 is 12.0 Å². The van der Waals surface area contributed by atoms with E-state index < -0.39 is 0 Å². The first-order chi connectivity index (χ1) is 13.4. The quantitative estimate of drug-likeness (QED) is 0.669. The van der Waals surface area contributed by atoms with Crippen LogP contribution in [0, 0.1) is 23.6 Å². The number of aromatic nitrogens is 1. The van der Waals surface area contributed by atoms with E-state index >= 15 is 0 Å². The number of rotatable bonds is 3. The van der Waals surface area contributed by atoms with Crippen LogP contribution in [0.2, 0.25) is 0 Å². The number of nitrogens with zero attached hydrogens (tertiary/aromatic N) is 1. The molecule has 4 rings (SSSR count). The highest BCUT2D eigenvalue weighted by Gasteiger charge is 2.42. The fraction of sp³-hybridized carbons (Fsp3) is 0.333. The molecule has 0 fully saturated rings. The summed E-state index contributed by atoms with van der Waals surface area (Å²) in [5.41, 5.74) is 4.52. The summed E-state index contributed by atoms with van der Waals surface area (Å²) in [6, 6.07) is 10.4. The van der Waals surface area contributed by atoms with Crippen LogP contribution in [0.25, 0.3) is 17.2 Å². The van der Waals surface area contributed by atoms with Crippen molar-refractivity contribution in [2.45, 2.75) is 33.3 Å². The van der Waals surface area contributed by atoms with Crippen LogP contribution in [0.5, 0.6) is 0 Å². The zero-order chi connectivity index (χ0) is 19.8. The number of halogens is 1. The van der Waals surface area contributed by atoms with E-state index in [-0.39, 0.29) is 23.8 Å². The van der Waals surface area contributed by atoms with Gasteiger partial charge in [0.1, 0.15) is 11.9 Å². The Kier molecular flexibility index (Phi) is 4.88. The van der Waals surface area contributed by atoms with Crippen LogP contribution in [0.4, 0.5) is 4.39 Å². The molecule has 0 saturated heterocycles. The summed E-state index contributed by atoms with van der Waals surface area (Å²) >= 11 is 0. The molecule has 3 nitrogen and oxygen atoms in total. The molecule has 1 aliphatic carbocycles. The number of carbonyl (C=O) groups is 1. The third-order valence-electron chi connectivity index (χ3n) is 6.08. The summed E-state index contributed by atoms with van der Waals surface area (Å²) in [5, 5.41) is 0. The van der Waals surface area contributed by atoms with Gasteiger partial charge in [0, 0.05) is 23.3 Å². The van der Waals surface area contributed by atoms with Crippen molar-refractivity contribution in [1.29, 1.82) is 0 Å². The Morgan fingerprint density at radius 2 is 1.96 bits per heavy atom. The van der Waals surface area contributed by atoms with Crippen molar-refractivity contribution in [3.63, 3.8) is 0 Å². The van der Waals surface area contributed by atoms with Crippen molar-refractivity contribution in [2.75, 3.05) is 0 Å². The minimum absolute atomic E-state index is 0.155. The number of ether oxygens (including phenoxy) is 1. The molecule has 1 aromatic carbocycles. The first-order valence-electron chi connectivity index (χ1n) is 9.78. The Bertz CT molecular complexity index is 961. The van der Waals surface area contributed by atoms with Crippen molar-refractivity contribution < 1.29 is 13.9 Å². The van der Waals surface area contributed by atoms with E-state index in [0.717, 1.165) is 34.4 Å². The number of benzene rings is 1. The normalized spacial score (nSPS) is 27.2. The van der Waals surface area contributed by atoms with Crippen LogP contribution < -0.4 is 0 Å². The topological polar surface area (TPSA) is 39.2 Å². The number of esters is 1. The van der Waals surface area contributed by atoms with E-state index in [4.69, 9.17) is 4.74 Å². The van der Waals surface area contributed by atoms with Crippen molar-refractivity contribution in [2.24, 2.45) is 17.8 Å². The van der Waals surface area contributed by atoms with E-state index in [9.17, 15) is 9.18 Å². The molecule has 0 amide bonds. The third kappa shape index (κ3) is 3.39. The molecule has 4 atom stereocenters. The number of carbonyl (C=O) groups excluding carboxylic acids is 1. The Morgan fingerprint density at radius 3 is 2.68 bits per heavy atom. The fourth-order valence-corrected chi connectivity index (χ4v) is 4.30. The summed E-state index contributed by atoms with van der Waals surface area (Å²) in [5.74, 6) is 0.614. The largest absolute Gasteiger partial charge is 0.455 e. The van der Waals surface area contributed by atoms with Gasteiger partial charge in [-0.3, -0.25) is 4.98 Å². The SMILES string of the molecule is C[C@H]1OC(=O)C2=C1C(/C=C/c1ccc(-c3cccc(F)c3)cn1)[C@H](C)[C@@H](C)C2. The third-order valence-corrected chi connectivity index (χ3v) is 6.08. The van der Waals surface area contributed by atoms with E-state index in [2.05, 4.69) is 24.9 Å². The maximum Gasteiger partial charge on any atom is 0.334 e. The highest BCUT2D eigenvalue weighted by Crippen LogP contribution is 2.45.